The molecule has 0 radical (unpaired) electrons. The van der Waals surface area contributed by atoms with Crippen LogP contribution in [-0.2, 0) is 4.79 Å². The Hall–Kier alpha value is -2.84. The van der Waals surface area contributed by atoms with Gasteiger partial charge in [-0.05, 0) is 61.8 Å². The number of carbonyl (C=O) groups is 2. The Morgan fingerprint density at radius 1 is 0.944 bits per heavy atom. The number of carboxylic acids is 1. The molecule has 0 aliphatic rings. The van der Waals surface area contributed by atoms with Crippen LogP contribution in [0.5, 0.6) is 0 Å². The summed E-state index contributed by atoms with van der Waals surface area (Å²) in [6.45, 7) is 10.6. The fourth-order valence-electron chi connectivity index (χ4n) is 4.14. The topological polar surface area (TPSA) is 84.9 Å². The Morgan fingerprint density at radius 3 is 2.08 bits per heavy atom. The molecule has 0 spiro atoms. The summed E-state index contributed by atoms with van der Waals surface area (Å²) in [5.74, 6) is -1.05. The van der Waals surface area contributed by atoms with Gasteiger partial charge in [0.1, 0.15) is 5.82 Å². The Labute approximate surface area is 218 Å². The molecule has 0 aliphatic heterocycles. The third kappa shape index (κ3) is 9.32. The number of amides is 2. The van der Waals surface area contributed by atoms with Crippen molar-refractivity contribution in [1.82, 2.24) is 4.90 Å². The molecular formula is C27H38ClFN4O3. The Bertz CT molecular complexity index is 1040. The van der Waals surface area contributed by atoms with Gasteiger partial charge in [0.25, 0.3) is 0 Å². The van der Waals surface area contributed by atoms with Crippen molar-refractivity contribution < 1.29 is 19.1 Å². The smallest absolute Gasteiger partial charge is 0.323 e. The molecule has 2 aromatic rings. The Balaban J connectivity index is 2.48. The minimum atomic E-state index is -0.891. The maximum Gasteiger partial charge on any atom is 0.323 e. The van der Waals surface area contributed by atoms with Crippen LogP contribution in [-0.4, -0.2) is 55.7 Å². The molecule has 0 fully saturated rings. The van der Waals surface area contributed by atoms with Crippen LogP contribution in [0.15, 0.2) is 36.4 Å². The van der Waals surface area contributed by atoms with E-state index in [-0.39, 0.29) is 23.0 Å². The van der Waals surface area contributed by atoms with E-state index in [1.165, 1.54) is 12.1 Å². The maximum absolute atomic E-state index is 14.3. The molecule has 0 saturated carbocycles. The maximum atomic E-state index is 14.3. The molecule has 3 N–H and O–H groups in total. The minimum Gasteiger partial charge on any atom is -0.481 e. The van der Waals surface area contributed by atoms with Crippen LogP contribution in [0, 0.1) is 17.7 Å². The average molecular weight is 521 g/mol. The first-order valence-corrected chi connectivity index (χ1v) is 12.5. The largest absolute Gasteiger partial charge is 0.481 e. The predicted octanol–water partition coefficient (Wildman–Crippen LogP) is 6.36. The molecule has 198 valence electrons. The Kier molecular flexibility index (Phi) is 11.0. The van der Waals surface area contributed by atoms with Crippen molar-refractivity contribution in [2.75, 3.05) is 49.3 Å². The summed E-state index contributed by atoms with van der Waals surface area (Å²) in [7, 11) is 3.78. The number of carboxylic acid groups (broad SMARTS) is 1. The zero-order valence-electron chi connectivity index (χ0n) is 21.9. The number of urea groups is 1. The number of rotatable bonds is 12. The van der Waals surface area contributed by atoms with E-state index in [1.54, 1.807) is 0 Å². The summed E-state index contributed by atoms with van der Waals surface area (Å²) in [6.07, 6.45) is -0.0408. The van der Waals surface area contributed by atoms with E-state index in [1.807, 2.05) is 37.2 Å². The number of anilines is 3. The van der Waals surface area contributed by atoms with Crippen LogP contribution in [0.4, 0.5) is 26.2 Å². The number of aliphatic carboxylic acids is 1. The Morgan fingerprint density at radius 2 is 1.56 bits per heavy atom. The first-order chi connectivity index (χ1) is 16.8. The van der Waals surface area contributed by atoms with E-state index in [0.717, 1.165) is 30.4 Å². The number of hydrogen-bond acceptors (Lipinski definition) is 4. The van der Waals surface area contributed by atoms with Gasteiger partial charge >= 0.3 is 12.0 Å². The van der Waals surface area contributed by atoms with Gasteiger partial charge in [-0.1, -0.05) is 45.4 Å². The lowest BCUT2D eigenvalue weighted by Crippen LogP contribution is -2.33. The second-order valence-corrected chi connectivity index (χ2v) is 10.7. The molecule has 1 unspecified atom stereocenters. The van der Waals surface area contributed by atoms with E-state index >= 15 is 0 Å². The molecule has 36 heavy (non-hydrogen) atoms. The number of nitrogens with zero attached hydrogens (tertiary/aromatic N) is 2. The molecule has 2 amide bonds. The van der Waals surface area contributed by atoms with E-state index in [4.69, 9.17) is 11.6 Å². The summed E-state index contributed by atoms with van der Waals surface area (Å²) < 4.78 is 14.3. The van der Waals surface area contributed by atoms with Crippen LogP contribution < -0.4 is 15.5 Å². The average Bonchev–Trinajstić information content (AvgIpc) is 2.73. The van der Waals surface area contributed by atoms with Crippen molar-refractivity contribution in [3.63, 3.8) is 0 Å². The summed E-state index contributed by atoms with van der Waals surface area (Å²) >= 11 is 5.82. The van der Waals surface area contributed by atoms with Gasteiger partial charge in [-0.3, -0.25) is 4.79 Å². The lowest BCUT2D eigenvalue weighted by molar-refractivity contribution is -0.137. The van der Waals surface area contributed by atoms with Crippen LogP contribution in [0.2, 0.25) is 5.02 Å². The van der Waals surface area contributed by atoms with E-state index in [2.05, 4.69) is 43.2 Å². The molecule has 0 aromatic heterocycles. The second kappa shape index (κ2) is 13.5. The number of hydrogen-bond donors (Lipinski definition) is 3. The van der Waals surface area contributed by atoms with Crippen molar-refractivity contribution in [3.8, 4) is 0 Å². The third-order valence-electron chi connectivity index (χ3n) is 5.44. The van der Waals surface area contributed by atoms with Gasteiger partial charge in [0, 0.05) is 30.6 Å². The van der Waals surface area contributed by atoms with Crippen LogP contribution >= 0.6 is 11.6 Å². The SMILES string of the molecule is CC(C)CN(CC(C)C)c1ccc(C(CC(=O)O)CN(C)C)cc1NC(=O)Nc1ccc(Cl)cc1F. The monoisotopic (exact) mass is 520 g/mol. The van der Waals surface area contributed by atoms with E-state index < -0.39 is 17.8 Å². The number of halogens is 2. The van der Waals surface area contributed by atoms with Crippen LogP contribution in [0.1, 0.15) is 45.6 Å². The summed E-state index contributed by atoms with van der Waals surface area (Å²) in [5.41, 5.74) is 2.17. The van der Waals surface area contributed by atoms with E-state index in [0.29, 0.717) is 24.1 Å². The minimum absolute atomic E-state index is 0.00665. The molecule has 9 heteroatoms. The highest BCUT2D eigenvalue weighted by Gasteiger charge is 2.22. The molecule has 0 bridgehead atoms. The number of nitrogens with one attached hydrogen (secondary N) is 2. The lowest BCUT2D eigenvalue weighted by atomic mass is 9.94. The fraction of sp³-hybridized carbons (Fsp3) is 0.481. The van der Waals surface area contributed by atoms with Gasteiger partial charge in [0.05, 0.1) is 23.5 Å². The second-order valence-electron chi connectivity index (χ2n) is 10.2. The highest BCUT2D eigenvalue weighted by Crippen LogP contribution is 2.33. The van der Waals surface area contributed by atoms with Crippen molar-refractivity contribution in [2.45, 2.75) is 40.0 Å². The summed E-state index contributed by atoms with van der Waals surface area (Å²) in [5, 5.41) is 15.1. The van der Waals surface area contributed by atoms with Crippen LogP contribution in [0.25, 0.3) is 0 Å². The molecule has 0 aliphatic carbocycles. The summed E-state index contributed by atoms with van der Waals surface area (Å²) in [6, 6.07) is 9.12. The van der Waals surface area contributed by atoms with Gasteiger partial charge in [-0.25, -0.2) is 9.18 Å². The number of likely N-dealkylation sites (N-methyl/N-ethyl adjacent to an activating group) is 1. The normalized spacial score (nSPS) is 12.2. The van der Waals surface area contributed by atoms with Gasteiger partial charge in [-0.15, -0.1) is 0 Å². The zero-order chi connectivity index (χ0) is 27.0. The molecule has 7 nitrogen and oxygen atoms in total. The molecular weight excluding hydrogens is 483 g/mol. The van der Waals surface area contributed by atoms with Crippen LogP contribution in [0.3, 0.4) is 0 Å². The zero-order valence-corrected chi connectivity index (χ0v) is 22.7. The highest BCUT2D eigenvalue weighted by atomic mass is 35.5. The third-order valence-corrected chi connectivity index (χ3v) is 5.67. The van der Waals surface area contributed by atoms with Gasteiger partial charge < -0.3 is 25.5 Å². The quantitative estimate of drug-likeness (QED) is 0.303. The first kappa shape index (κ1) is 29.4. The first-order valence-electron chi connectivity index (χ1n) is 12.1. The van der Waals surface area contributed by atoms with E-state index in [9.17, 15) is 19.1 Å². The van der Waals surface area contributed by atoms with Gasteiger partial charge in [0.15, 0.2) is 0 Å². The lowest BCUT2D eigenvalue weighted by Gasteiger charge is -2.31. The molecule has 2 rings (SSSR count). The molecule has 1 atom stereocenters. The summed E-state index contributed by atoms with van der Waals surface area (Å²) in [4.78, 5) is 28.6. The van der Waals surface area contributed by atoms with Gasteiger partial charge in [0.2, 0.25) is 0 Å². The standard InChI is InChI=1S/C27H38ClFN4O3/c1-17(2)14-33(15-18(3)4)25-10-7-19(20(12-26(34)35)16-32(5)6)11-24(25)31-27(36)30-23-9-8-21(28)13-22(23)29/h7-11,13,17-18,20H,12,14-16H2,1-6H3,(H,34,35)(H2,30,31,36). The number of benzene rings is 2. The van der Waals surface area contributed by atoms with Gasteiger partial charge in [-0.2, -0.15) is 0 Å². The van der Waals surface area contributed by atoms with Crippen molar-refractivity contribution in [2.24, 2.45) is 11.8 Å². The predicted molar refractivity (Wildman–Crippen MR) is 146 cm³/mol. The van der Waals surface area contributed by atoms with Crippen molar-refractivity contribution in [1.29, 1.82) is 0 Å². The van der Waals surface area contributed by atoms with Crippen molar-refractivity contribution in [3.05, 3.63) is 52.8 Å². The number of carbonyl (C=O) groups excluding carboxylic acids is 1. The molecule has 0 saturated heterocycles. The highest BCUT2D eigenvalue weighted by molar-refractivity contribution is 6.30. The molecule has 2 aromatic carbocycles. The van der Waals surface area contributed by atoms with Crippen molar-refractivity contribution >= 4 is 40.7 Å². The molecule has 0 heterocycles. The fourth-order valence-corrected chi connectivity index (χ4v) is 4.30.